The molecule has 0 N–H and O–H groups in total. The summed E-state index contributed by atoms with van der Waals surface area (Å²) in [5, 5.41) is 1.80. The van der Waals surface area contributed by atoms with Gasteiger partial charge in [0.05, 0.1) is 61.8 Å². The standard InChI is InChI=1S/C51H61Br2O10/c1-54-42-24-34-18-36-26-48(60-7)38(28-46(36)58-5)20-40-30-51(63-16-12-10-14-53)41(31-50(40)62-15-11-9-13-52)21-39-29-47(59-6)37(27-49(39)61-8)19-35-25-43(55-2)33(23-45(35)57-4)17-32(42)22-44(34)56-3/h15,22-23,25-31,51H,9-14,16-21,24H2,1-8H3/q+1. The number of aldehydes is 1. The van der Waals surface area contributed by atoms with E-state index in [1.807, 2.05) is 12.4 Å². The molecule has 10 nitrogen and oxygen atoms in total. The van der Waals surface area contributed by atoms with Crippen LogP contribution in [0.3, 0.4) is 0 Å². The number of carbonyl (C=O) groups excluding carboxylic acids is 2. The van der Waals surface area contributed by atoms with Gasteiger partial charge in [0.15, 0.2) is 0 Å². The van der Waals surface area contributed by atoms with Crippen molar-refractivity contribution in [3.05, 3.63) is 122 Å². The van der Waals surface area contributed by atoms with Crippen LogP contribution in [0.25, 0.3) is 0 Å². The molecule has 1 atom stereocenters. The number of methoxy groups -OCH3 is 7. The van der Waals surface area contributed by atoms with Gasteiger partial charge in [0, 0.05) is 76.9 Å². The van der Waals surface area contributed by atoms with Gasteiger partial charge >= 0.3 is 5.78 Å². The Morgan fingerprint density at radius 2 is 1.11 bits per heavy atom. The lowest BCUT2D eigenvalue weighted by molar-refractivity contribution is -0.421. The van der Waals surface area contributed by atoms with Crippen molar-refractivity contribution in [3.8, 4) is 34.5 Å². The average Bonchev–Trinajstić information content (AvgIpc) is 3.30. The first-order valence-electron chi connectivity index (χ1n) is 21.3. The van der Waals surface area contributed by atoms with Crippen LogP contribution in [-0.2, 0) is 50.4 Å². The van der Waals surface area contributed by atoms with Crippen LogP contribution < -0.4 is 28.4 Å². The summed E-state index contributed by atoms with van der Waals surface area (Å²) in [5.41, 5.74) is 9.80. The summed E-state index contributed by atoms with van der Waals surface area (Å²) in [6.45, 7) is 0.596. The molecular formula is C51H61Br2O10+. The van der Waals surface area contributed by atoms with Crippen LogP contribution in [0.2, 0.25) is 0 Å². The molecule has 0 heterocycles. The van der Waals surface area contributed by atoms with Crippen LogP contribution in [0.15, 0.2) is 82.7 Å². The van der Waals surface area contributed by atoms with E-state index in [2.05, 4.69) is 80.4 Å². The number of alkyl halides is 2. The molecule has 0 aliphatic heterocycles. The summed E-state index contributed by atoms with van der Waals surface area (Å²) >= 11 is 7.15. The molecule has 0 amide bonds. The second kappa shape index (κ2) is 23.3. The van der Waals surface area contributed by atoms with Crippen molar-refractivity contribution < 1.29 is 46.7 Å². The molecular weight excluding hydrogens is 932 g/mol. The number of benzene rings is 3. The largest absolute Gasteiger partial charge is 0.497 e. The Morgan fingerprint density at radius 3 is 1.62 bits per heavy atom. The third kappa shape index (κ3) is 11.5. The molecule has 3 aromatic rings. The topological polar surface area (TPSA) is 96.4 Å². The highest BCUT2D eigenvalue weighted by Crippen LogP contribution is 2.41. The number of hydrogen-bond acceptors (Lipinski definition) is 8. The number of ether oxygens (including phenoxy) is 8. The highest BCUT2D eigenvalue weighted by atomic mass is 79.9. The maximum absolute atomic E-state index is 6.73. The quantitative estimate of drug-likeness (QED) is 0.0461. The first kappa shape index (κ1) is 47.8. The number of allylic oxidation sites excluding steroid dienone is 3. The smallest absolute Gasteiger partial charge is 0.326 e. The molecule has 12 aliphatic rings. The van der Waals surface area contributed by atoms with E-state index in [9.17, 15) is 0 Å². The van der Waals surface area contributed by atoms with Gasteiger partial charge in [-0.3, -0.25) is 4.42 Å². The predicted molar refractivity (Wildman–Crippen MR) is 255 cm³/mol. The maximum atomic E-state index is 6.73. The second-order valence-corrected chi connectivity index (χ2v) is 17.1. The fraction of sp³-hybridized carbons (Fsp3) is 0.431. The fourth-order valence-electron chi connectivity index (χ4n) is 8.40. The zero-order chi connectivity index (χ0) is 44.9. The Labute approximate surface area is 389 Å². The Hall–Kier alpha value is -4.65. The molecule has 338 valence electrons. The predicted octanol–water partition coefficient (Wildman–Crippen LogP) is 10.0. The number of halogens is 2. The third-order valence-corrected chi connectivity index (χ3v) is 12.8. The molecule has 0 radical (unpaired) electrons. The van der Waals surface area contributed by atoms with Gasteiger partial charge in [-0.2, -0.15) is 0 Å². The number of unbranched alkanes of at least 4 members (excludes halogenated alkanes) is 2. The summed E-state index contributed by atoms with van der Waals surface area (Å²) < 4.78 is 62.0. The van der Waals surface area contributed by atoms with E-state index < -0.39 is 0 Å². The SMILES string of the molecule is COC1=C2CC(=[O+]C)C(=C1)Cc1cc(OC)c(cc1OC)Cc1cc(OC)c(cc1OC)CC1=C[C-]([O+]=CCCCBr)C(=CC1OCCCCBr)Cc1cc(OC)c(cc1OC)C2. The molecule has 0 spiro atoms. The first-order chi connectivity index (χ1) is 30.7. The van der Waals surface area contributed by atoms with E-state index >= 15 is 0 Å². The normalized spacial score (nSPS) is 17.2. The molecule has 0 fully saturated rings. The molecule has 12 aliphatic carbocycles. The second-order valence-electron chi connectivity index (χ2n) is 15.5. The molecule has 3 aromatic carbocycles. The zero-order valence-electron chi connectivity index (χ0n) is 37.9. The monoisotopic (exact) mass is 991 g/mol. The number of ketones is 1. The lowest BCUT2D eigenvalue weighted by atomic mass is 9.86. The molecule has 0 saturated carbocycles. The van der Waals surface area contributed by atoms with Gasteiger partial charge in [0.2, 0.25) is 6.29 Å². The third-order valence-electron chi connectivity index (χ3n) is 11.7. The zero-order valence-corrected chi connectivity index (χ0v) is 41.1. The molecule has 10 bridgehead atoms. The first-order valence-corrected chi connectivity index (χ1v) is 23.6. The summed E-state index contributed by atoms with van der Waals surface area (Å²) in [7, 11) is 13.6. The van der Waals surface area contributed by atoms with Gasteiger partial charge < -0.3 is 42.3 Å². The average molecular weight is 994 g/mol. The highest BCUT2D eigenvalue weighted by molar-refractivity contribution is 9.09. The Bertz CT molecular complexity index is 2270. The van der Waals surface area contributed by atoms with E-state index in [-0.39, 0.29) is 6.10 Å². The van der Waals surface area contributed by atoms with Crippen LogP contribution in [-0.4, -0.2) is 92.3 Å². The minimum absolute atomic E-state index is 0.327. The van der Waals surface area contributed by atoms with E-state index in [4.69, 9.17) is 46.7 Å². The summed E-state index contributed by atoms with van der Waals surface area (Å²) in [4.78, 5) is 0. The molecule has 15 rings (SSSR count). The van der Waals surface area contributed by atoms with Crippen molar-refractivity contribution in [3.63, 3.8) is 0 Å². The van der Waals surface area contributed by atoms with E-state index in [1.54, 1.807) is 56.9 Å². The maximum Gasteiger partial charge on any atom is 0.326 e. The molecule has 63 heavy (non-hydrogen) atoms. The van der Waals surface area contributed by atoms with Gasteiger partial charge in [-0.25, -0.2) is 0 Å². The minimum Gasteiger partial charge on any atom is -0.497 e. The molecule has 12 heteroatoms. The van der Waals surface area contributed by atoms with Crippen LogP contribution >= 0.6 is 31.9 Å². The van der Waals surface area contributed by atoms with E-state index in [0.29, 0.717) is 45.1 Å². The van der Waals surface area contributed by atoms with Gasteiger partial charge in [-0.15, -0.1) is 11.6 Å². The van der Waals surface area contributed by atoms with Crippen molar-refractivity contribution in [1.29, 1.82) is 0 Å². The van der Waals surface area contributed by atoms with Crippen LogP contribution in [0.1, 0.15) is 65.5 Å². The molecule has 0 aromatic heterocycles. The van der Waals surface area contributed by atoms with Crippen LogP contribution in [0.5, 0.6) is 34.5 Å². The number of hydrogen-bond donors (Lipinski definition) is 0. The van der Waals surface area contributed by atoms with Gasteiger partial charge in [-0.1, -0.05) is 31.9 Å². The molecule has 1 unspecified atom stereocenters. The van der Waals surface area contributed by atoms with Crippen molar-refractivity contribution in [2.24, 2.45) is 0 Å². The van der Waals surface area contributed by atoms with Crippen LogP contribution in [0.4, 0.5) is 0 Å². The van der Waals surface area contributed by atoms with Crippen molar-refractivity contribution in [1.82, 2.24) is 0 Å². The van der Waals surface area contributed by atoms with Crippen molar-refractivity contribution in [2.75, 3.05) is 74.1 Å². The highest BCUT2D eigenvalue weighted by Gasteiger charge is 2.31. The van der Waals surface area contributed by atoms with Crippen molar-refractivity contribution in [2.45, 2.75) is 70.3 Å². The number of rotatable bonds is 16. The van der Waals surface area contributed by atoms with Gasteiger partial charge in [0.1, 0.15) is 40.3 Å². The molecule has 0 saturated heterocycles. The van der Waals surface area contributed by atoms with Gasteiger partial charge in [0.25, 0.3) is 13.2 Å². The Balaban J connectivity index is 1.57. The minimum atomic E-state index is -0.327. The fourth-order valence-corrected chi connectivity index (χ4v) is 9.12. The Kier molecular flexibility index (Phi) is 17.7. The Morgan fingerprint density at radius 1 is 0.603 bits per heavy atom. The van der Waals surface area contributed by atoms with Crippen molar-refractivity contribution >= 4 is 43.9 Å². The van der Waals surface area contributed by atoms with Gasteiger partial charge in [-0.05, 0) is 97.4 Å². The van der Waals surface area contributed by atoms with E-state index in [1.165, 1.54) is 0 Å². The summed E-state index contributed by atoms with van der Waals surface area (Å²) in [6.07, 6.45) is 15.6. The summed E-state index contributed by atoms with van der Waals surface area (Å²) in [6, 6.07) is 12.4. The lowest BCUT2D eigenvalue weighted by Crippen LogP contribution is -2.24. The van der Waals surface area contributed by atoms with E-state index in [0.717, 1.165) is 144 Å². The van der Waals surface area contributed by atoms with Crippen LogP contribution in [0, 0.1) is 6.10 Å². The lowest BCUT2D eigenvalue weighted by Gasteiger charge is -2.30. The summed E-state index contributed by atoms with van der Waals surface area (Å²) in [5.74, 6) is 6.05.